The smallest absolute Gasteiger partial charge is 0.255 e. The van der Waals surface area contributed by atoms with Crippen LogP contribution in [0.1, 0.15) is 29.6 Å². The van der Waals surface area contributed by atoms with Gasteiger partial charge in [0.05, 0.1) is 21.3 Å². The molecule has 1 amide bonds. The predicted molar refractivity (Wildman–Crippen MR) is 107 cm³/mol. The van der Waals surface area contributed by atoms with Crippen molar-refractivity contribution in [2.45, 2.75) is 19.3 Å². The number of carbonyl (C=O) groups excluding carboxylic acids is 1. The summed E-state index contributed by atoms with van der Waals surface area (Å²) >= 11 is 0. The Labute approximate surface area is 160 Å². The second-order valence-corrected chi connectivity index (χ2v) is 6.46. The molecule has 6 nitrogen and oxygen atoms in total. The summed E-state index contributed by atoms with van der Waals surface area (Å²) < 4.78 is 15.9. The lowest BCUT2D eigenvalue weighted by Crippen LogP contribution is -2.29. The molecule has 1 N–H and O–H groups in total. The maximum Gasteiger partial charge on any atom is 0.255 e. The molecular formula is C21H26N2O4. The van der Waals surface area contributed by atoms with E-state index in [9.17, 15) is 4.79 Å². The number of amides is 1. The minimum Gasteiger partial charge on any atom is -0.493 e. The first-order chi connectivity index (χ1) is 13.2. The number of piperidine rings is 1. The first kappa shape index (κ1) is 18.9. The highest BCUT2D eigenvalue weighted by Gasteiger charge is 2.17. The molecule has 0 aromatic heterocycles. The van der Waals surface area contributed by atoms with Gasteiger partial charge in [-0.15, -0.1) is 0 Å². The minimum atomic E-state index is -0.236. The molecule has 0 radical (unpaired) electrons. The Hall–Kier alpha value is -2.89. The molecule has 0 bridgehead atoms. The van der Waals surface area contributed by atoms with Gasteiger partial charge < -0.3 is 24.4 Å². The van der Waals surface area contributed by atoms with Crippen molar-refractivity contribution in [2.24, 2.45) is 0 Å². The van der Waals surface area contributed by atoms with Crippen LogP contribution in [0.2, 0.25) is 0 Å². The second-order valence-electron chi connectivity index (χ2n) is 6.46. The number of ether oxygens (including phenoxy) is 3. The average Bonchev–Trinajstić information content (AvgIpc) is 2.73. The fourth-order valence-electron chi connectivity index (χ4n) is 3.32. The van der Waals surface area contributed by atoms with Crippen LogP contribution in [0.15, 0.2) is 36.4 Å². The second kappa shape index (κ2) is 8.66. The molecule has 0 atom stereocenters. The summed E-state index contributed by atoms with van der Waals surface area (Å²) in [7, 11) is 4.58. The molecule has 27 heavy (non-hydrogen) atoms. The number of methoxy groups -OCH3 is 3. The molecule has 3 rings (SSSR count). The molecule has 0 unspecified atom stereocenters. The van der Waals surface area contributed by atoms with Crippen molar-refractivity contribution in [3.8, 4) is 17.2 Å². The summed E-state index contributed by atoms with van der Waals surface area (Å²) in [5.41, 5.74) is 2.37. The Morgan fingerprint density at radius 2 is 1.48 bits per heavy atom. The van der Waals surface area contributed by atoms with Gasteiger partial charge in [-0.3, -0.25) is 4.79 Å². The van der Waals surface area contributed by atoms with Crippen LogP contribution in [-0.2, 0) is 0 Å². The first-order valence-electron chi connectivity index (χ1n) is 9.12. The van der Waals surface area contributed by atoms with E-state index in [1.807, 2.05) is 12.1 Å². The summed E-state index contributed by atoms with van der Waals surface area (Å²) in [5, 5.41) is 2.92. The third-order valence-corrected chi connectivity index (χ3v) is 4.77. The van der Waals surface area contributed by atoms with Crippen LogP contribution in [0, 0.1) is 0 Å². The highest BCUT2D eigenvalue weighted by molar-refractivity contribution is 6.05. The van der Waals surface area contributed by atoms with Crippen LogP contribution in [0.4, 0.5) is 11.4 Å². The van der Waals surface area contributed by atoms with Gasteiger partial charge in [-0.1, -0.05) is 0 Å². The molecule has 1 fully saturated rings. The van der Waals surface area contributed by atoms with Gasteiger partial charge in [0.1, 0.15) is 0 Å². The van der Waals surface area contributed by atoms with E-state index in [4.69, 9.17) is 14.2 Å². The Morgan fingerprint density at radius 3 is 2.00 bits per heavy atom. The summed E-state index contributed by atoms with van der Waals surface area (Å²) in [4.78, 5) is 15.0. The van der Waals surface area contributed by atoms with Gasteiger partial charge in [0.15, 0.2) is 11.5 Å². The van der Waals surface area contributed by atoms with E-state index in [1.165, 1.54) is 46.3 Å². The molecule has 1 aliphatic rings. The van der Waals surface area contributed by atoms with E-state index >= 15 is 0 Å². The quantitative estimate of drug-likeness (QED) is 0.834. The molecule has 1 aliphatic heterocycles. The zero-order valence-corrected chi connectivity index (χ0v) is 16.1. The van der Waals surface area contributed by atoms with Crippen molar-refractivity contribution in [1.82, 2.24) is 0 Å². The number of rotatable bonds is 6. The number of anilines is 2. The molecular weight excluding hydrogens is 344 g/mol. The highest BCUT2D eigenvalue weighted by Crippen LogP contribution is 2.38. The van der Waals surface area contributed by atoms with Crippen molar-refractivity contribution in [3.05, 3.63) is 42.0 Å². The Bertz CT molecular complexity index is 758. The van der Waals surface area contributed by atoms with Crippen LogP contribution in [0.25, 0.3) is 0 Å². The predicted octanol–water partition coefficient (Wildman–Crippen LogP) is 3.96. The number of hydrogen-bond donors (Lipinski definition) is 1. The van der Waals surface area contributed by atoms with Crippen molar-refractivity contribution >= 4 is 17.3 Å². The topological polar surface area (TPSA) is 60.0 Å². The van der Waals surface area contributed by atoms with Crippen LogP contribution in [0.3, 0.4) is 0 Å². The van der Waals surface area contributed by atoms with Crippen LogP contribution < -0.4 is 24.4 Å². The van der Waals surface area contributed by atoms with Crippen molar-refractivity contribution in [1.29, 1.82) is 0 Å². The molecule has 1 heterocycles. The molecule has 6 heteroatoms. The zero-order chi connectivity index (χ0) is 19.2. The maximum atomic E-state index is 12.7. The SMILES string of the molecule is COc1cc(C(=O)Nc2ccc(N3CCCCC3)cc2)cc(OC)c1OC. The fraction of sp³-hybridized carbons (Fsp3) is 0.381. The summed E-state index contributed by atoms with van der Waals surface area (Å²) in [6.45, 7) is 2.19. The molecule has 2 aromatic rings. The van der Waals surface area contributed by atoms with Crippen LogP contribution in [0.5, 0.6) is 17.2 Å². The Morgan fingerprint density at radius 1 is 0.889 bits per heavy atom. The van der Waals surface area contributed by atoms with Gasteiger partial charge in [-0.05, 0) is 55.7 Å². The average molecular weight is 370 g/mol. The zero-order valence-electron chi connectivity index (χ0n) is 16.1. The minimum absolute atomic E-state index is 0.236. The van der Waals surface area contributed by atoms with Crippen molar-refractivity contribution in [3.63, 3.8) is 0 Å². The molecule has 0 saturated carbocycles. The van der Waals surface area contributed by atoms with E-state index < -0.39 is 0 Å². The van der Waals surface area contributed by atoms with Crippen molar-refractivity contribution < 1.29 is 19.0 Å². The van der Waals surface area contributed by atoms with Gasteiger partial charge >= 0.3 is 0 Å². The molecule has 1 saturated heterocycles. The van der Waals surface area contributed by atoms with E-state index in [-0.39, 0.29) is 5.91 Å². The molecule has 144 valence electrons. The van der Waals surface area contributed by atoms with Crippen LogP contribution >= 0.6 is 0 Å². The van der Waals surface area contributed by atoms with E-state index in [0.29, 0.717) is 22.8 Å². The lowest BCUT2D eigenvalue weighted by molar-refractivity contribution is 0.102. The standard InChI is InChI=1S/C21H26N2O4/c1-25-18-13-15(14-19(26-2)20(18)27-3)21(24)22-16-7-9-17(10-8-16)23-11-5-4-6-12-23/h7-10,13-14H,4-6,11-12H2,1-3H3,(H,22,24). The van der Waals surface area contributed by atoms with Crippen LogP contribution in [-0.4, -0.2) is 40.3 Å². The largest absolute Gasteiger partial charge is 0.493 e. The summed E-state index contributed by atoms with van der Waals surface area (Å²) in [6.07, 6.45) is 3.78. The summed E-state index contributed by atoms with van der Waals surface area (Å²) in [5.74, 6) is 1.12. The van der Waals surface area contributed by atoms with E-state index in [2.05, 4.69) is 22.3 Å². The molecule has 0 aliphatic carbocycles. The van der Waals surface area contributed by atoms with Gasteiger partial charge in [-0.2, -0.15) is 0 Å². The fourth-order valence-corrected chi connectivity index (χ4v) is 3.32. The Kier molecular flexibility index (Phi) is 6.06. The monoisotopic (exact) mass is 370 g/mol. The highest BCUT2D eigenvalue weighted by atomic mass is 16.5. The van der Waals surface area contributed by atoms with Gasteiger partial charge in [0, 0.05) is 30.0 Å². The number of nitrogens with zero attached hydrogens (tertiary/aromatic N) is 1. The van der Waals surface area contributed by atoms with E-state index in [0.717, 1.165) is 18.8 Å². The maximum absolute atomic E-state index is 12.7. The number of hydrogen-bond acceptors (Lipinski definition) is 5. The number of nitrogens with one attached hydrogen (secondary N) is 1. The number of benzene rings is 2. The Balaban J connectivity index is 1.75. The van der Waals surface area contributed by atoms with Crippen molar-refractivity contribution in [2.75, 3.05) is 44.6 Å². The van der Waals surface area contributed by atoms with Gasteiger partial charge in [0.25, 0.3) is 5.91 Å². The first-order valence-corrected chi connectivity index (χ1v) is 9.12. The number of carbonyl (C=O) groups is 1. The third-order valence-electron chi connectivity index (χ3n) is 4.77. The lowest BCUT2D eigenvalue weighted by atomic mass is 10.1. The molecule has 2 aromatic carbocycles. The normalized spacial score (nSPS) is 13.8. The van der Waals surface area contributed by atoms with Gasteiger partial charge in [-0.25, -0.2) is 0 Å². The third kappa shape index (κ3) is 4.27. The van der Waals surface area contributed by atoms with Gasteiger partial charge in [0.2, 0.25) is 5.75 Å². The lowest BCUT2D eigenvalue weighted by Gasteiger charge is -2.28. The summed E-state index contributed by atoms with van der Waals surface area (Å²) in [6, 6.07) is 11.2. The van der Waals surface area contributed by atoms with E-state index in [1.54, 1.807) is 12.1 Å². The molecule has 0 spiro atoms.